The first-order chi connectivity index (χ1) is 9.55. The number of nitrogens with two attached hydrogens (primary N) is 1. The molecule has 0 unspecified atom stereocenters. The third-order valence-electron chi connectivity index (χ3n) is 2.09. The smallest absolute Gasteiger partial charge is 0.422 e. The molecule has 1 rings (SSSR count). The summed E-state index contributed by atoms with van der Waals surface area (Å²) in [6.07, 6.45) is -6.13. The topological polar surface area (TPSA) is 111 Å². The second-order valence-electron chi connectivity index (χ2n) is 3.73. The maximum absolute atomic E-state index is 12.8. The normalized spacial score (nSPS) is 11.8. The van der Waals surface area contributed by atoms with Crippen LogP contribution in [0.4, 0.5) is 29.3 Å². The van der Waals surface area contributed by atoms with E-state index in [2.05, 4.69) is 4.74 Å². The SMILES string of the molecule is CCOC(=O)NS(=O)(=O)Nc1ccc(N)cc1C(F)(F)F. The van der Waals surface area contributed by atoms with Crippen molar-refractivity contribution >= 4 is 27.7 Å². The molecule has 4 N–H and O–H groups in total. The number of carbonyl (C=O) groups excluding carboxylic acids is 1. The lowest BCUT2D eigenvalue weighted by molar-refractivity contribution is -0.136. The van der Waals surface area contributed by atoms with Gasteiger partial charge in [0.15, 0.2) is 0 Å². The van der Waals surface area contributed by atoms with E-state index in [4.69, 9.17) is 5.73 Å². The summed E-state index contributed by atoms with van der Waals surface area (Å²) in [7, 11) is -4.57. The number of carbonyl (C=O) groups is 1. The van der Waals surface area contributed by atoms with E-state index in [1.54, 1.807) is 4.72 Å². The lowest BCUT2D eigenvalue weighted by Crippen LogP contribution is -2.36. The second kappa shape index (κ2) is 6.08. The number of hydrogen-bond acceptors (Lipinski definition) is 5. The predicted molar refractivity (Wildman–Crippen MR) is 68.6 cm³/mol. The first-order valence-electron chi connectivity index (χ1n) is 5.49. The van der Waals surface area contributed by atoms with Crippen LogP contribution in [0.5, 0.6) is 0 Å². The molecule has 0 radical (unpaired) electrons. The fraction of sp³-hybridized carbons (Fsp3) is 0.300. The van der Waals surface area contributed by atoms with Crippen LogP contribution < -0.4 is 15.2 Å². The molecule has 0 bridgehead atoms. The molecule has 1 aromatic rings. The number of amides is 1. The van der Waals surface area contributed by atoms with E-state index in [1.807, 2.05) is 0 Å². The Balaban J connectivity index is 3.05. The van der Waals surface area contributed by atoms with Crippen molar-refractivity contribution in [2.24, 2.45) is 0 Å². The summed E-state index contributed by atoms with van der Waals surface area (Å²) in [5, 5.41) is 0. The Morgan fingerprint density at radius 1 is 1.38 bits per heavy atom. The molecule has 1 amide bonds. The number of rotatable bonds is 4. The molecule has 0 aliphatic carbocycles. The number of anilines is 2. The number of alkyl halides is 3. The highest BCUT2D eigenvalue weighted by atomic mass is 32.2. The Labute approximate surface area is 118 Å². The van der Waals surface area contributed by atoms with Crippen LogP contribution in [-0.4, -0.2) is 21.1 Å². The fourth-order valence-corrected chi connectivity index (χ4v) is 2.12. The van der Waals surface area contributed by atoms with Gasteiger partial charge in [-0.1, -0.05) is 0 Å². The van der Waals surface area contributed by atoms with Crippen LogP contribution in [0.25, 0.3) is 0 Å². The zero-order chi connectivity index (χ0) is 16.3. The fourth-order valence-electron chi connectivity index (χ4n) is 1.33. The van der Waals surface area contributed by atoms with Crippen molar-refractivity contribution < 1.29 is 31.1 Å². The van der Waals surface area contributed by atoms with E-state index < -0.39 is 33.7 Å². The van der Waals surface area contributed by atoms with Crippen LogP contribution in [0.2, 0.25) is 0 Å². The summed E-state index contributed by atoms with van der Waals surface area (Å²) in [5.74, 6) is 0. The molecule has 11 heteroatoms. The zero-order valence-corrected chi connectivity index (χ0v) is 11.5. The minimum absolute atomic E-state index is 0.100. The molecule has 7 nitrogen and oxygen atoms in total. The van der Waals surface area contributed by atoms with E-state index >= 15 is 0 Å². The van der Waals surface area contributed by atoms with Crippen molar-refractivity contribution in [3.8, 4) is 0 Å². The minimum atomic E-state index is -4.82. The zero-order valence-electron chi connectivity index (χ0n) is 10.7. The third kappa shape index (κ3) is 5.02. The standard InChI is InChI=1S/C10H12F3N3O4S/c1-2-20-9(17)16-21(18,19)15-8-4-3-6(14)5-7(8)10(11,12)13/h3-5,15H,2,14H2,1H3,(H,16,17). The molecule has 0 saturated heterocycles. The summed E-state index contributed by atoms with van der Waals surface area (Å²) in [5.41, 5.74) is 3.00. The van der Waals surface area contributed by atoms with E-state index in [0.717, 1.165) is 12.1 Å². The van der Waals surface area contributed by atoms with Crippen molar-refractivity contribution in [3.63, 3.8) is 0 Å². The van der Waals surface area contributed by atoms with Crippen molar-refractivity contribution in [1.29, 1.82) is 0 Å². The summed E-state index contributed by atoms with van der Waals surface area (Å²) in [4.78, 5) is 11.0. The van der Waals surface area contributed by atoms with Gasteiger partial charge in [0, 0.05) is 5.69 Å². The Bertz CT molecular complexity index is 631. The van der Waals surface area contributed by atoms with Crippen LogP contribution in [0, 0.1) is 0 Å². The number of nitrogen functional groups attached to an aromatic ring is 1. The van der Waals surface area contributed by atoms with Crippen LogP contribution in [0.3, 0.4) is 0 Å². The summed E-state index contributed by atoms with van der Waals surface area (Å²) in [6, 6.07) is 2.49. The highest BCUT2D eigenvalue weighted by Gasteiger charge is 2.35. The Morgan fingerprint density at radius 2 is 2.00 bits per heavy atom. The number of halogens is 3. The van der Waals surface area contributed by atoms with Crippen molar-refractivity contribution in [2.45, 2.75) is 13.1 Å². The van der Waals surface area contributed by atoms with Crippen molar-refractivity contribution in [2.75, 3.05) is 17.1 Å². The van der Waals surface area contributed by atoms with Crippen LogP contribution >= 0.6 is 0 Å². The van der Waals surface area contributed by atoms with Gasteiger partial charge in [0.2, 0.25) is 0 Å². The average molecular weight is 327 g/mol. The summed E-state index contributed by atoms with van der Waals surface area (Å²) < 4.78 is 68.7. The van der Waals surface area contributed by atoms with Gasteiger partial charge in [-0.05, 0) is 25.1 Å². The Hall–Kier alpha value is -2.17. The predicted octanol–water partition coefficient (Wildman–Crippen LogP) is 1.69. The maximum atomic E-state index is 12.8. The second-order valence-corrected chi connectivity index (χ2v) is 5.15. The van der Waals surface area contributed by atoms with Gasteiger partial charge in [-0.3, -0.25) is 4.72 Å². The largest absolute Gasteiger partial charge is 0.449 e. The molecule has 0 atom stereocenters. The first-order valence-corrected chi connectivity index (χ1v) is 6.97. The molecular weight excluding hydrogens is 315 g/mol. The summed E-state index contributed by atoms with van der Waals surface area (Å²) >= 11 is 0. The molecular formula is C10H12F3N3O4S. The highest BCUT2D eigenvalue weighted by molar-refractivity contribution is 7.91. The number of hydrogen-bond donors (Lipinski definition) is 3. The van der Waals surface area contributed by atoms with E-state index in [-0.39, 0.29) is 12.3 Å². The van der Waals surface area contributed by atoms with Gasteiger partial charge in [-0.25, -0.2) is 9.52 Å². The third-order valence-corrected chi connectivity index (χ3v) is 3.01. The first kappa shape index (κ1) is 16.9. The number of nitrogens with one attached hydrogen (secondary N) is 2. The molecule has 0 aromatic heterocycles. The molecule has 118 valence electrons. The van der Waals surface area contributed by atoms with Crippen molar-refractivity contribution in [3.05, 3.63) is 23.8 Å². The van der Waals surface area contributed by atoms with E-state index in [0.29, 0.717) is 6.07 Å². The number of ether oxygens (including phenoxy) is 1. The lowest BCUT2D eigenvalue weighted by Gasteiger charge is -2.15. The molecule has 1 aromatic carbocycles. The van der Waals surface area contributed by atoms with E-state index in [1.165, 1.54) is 11.6 Å². The Morgan fingerprint density at radius 3 is 2.52 bits per heavy atom. The van der Waals surface area contributed by atoms with Gasteiger partial charge in [-0.15, -0.1) is 0 Å². The highest BCUT2D eigenvalue weighted by Crippen LogP contribution is 2.36. The maximum Gasteiger partial charge on any atom is 0.422 e. The van der Waals surface area contributed by atoms with E-state index in [9.17, 15) is 26.4 Å². The molecule has 0 aliphatic heterocycles. The summed E-state index contributed by atoms with van der Waals surface area (Å²) in [6.45, 7) is 1.33. The molecule has 0 heterocycles. The molecule has 0 fully saturated rings. The van der Waals surface area contributed by atoms with Gasteiger partial charge in [0.25, 0.3) is 0 Å². The average Bonchev–Trinajstić information content (AvgIpc) is 2.29. The lowest BCUT2D eigenvalue weighted by atomic mass is 10.1. The van der Waals surface area contributed by atoms with Crippen molar-refractivity contribution in [1.82, 2.24) is 4.72 Å². The molecule has 21 heavy (non-hydrogen) atoms. The van der Waals surface area contributed by atoms with Gasteiger partial charge in [0.05, 0.1) is 17.9 Å². The Kier molecular flexibility index (Phi) is 4.88. The van der Waals surface area contributed by atoms with Crippen LogP contribution in [0.1, 0.15) is 12.5 Å². The monoisotopic (exact) mass is 327 g/mol. The quantitative estimate of drug-likeness (QED) is 0.729. The number of benzene rings is 1. The minimum Gasteiger partial charge on any atom is -0.449 e. The van der Waals surface area contributed by atoms with Crippen LogP contribution in [0.15, 0.2) is 18.2 Å². The van der Waals surface area contributed by atoms with Gasteiger partial charge < -0.3 is 10.5 Å². The molecule has 0 saturated carbocycles. The van der Waals surface area contributed by atoms with Gasteiger partial charge in [0.1, 0.15) is 0 Å². The van der Waals surface area contributed by atoms with Gasteiger partial charge in [-0.2, -0.15) is 21.6 Å². The van der Waals surface area contributed by atoms with Gasteiger partial charge >= 0.3 is 22.5 Å². The molecule has 0 spiro atoms. The molecule has 0 aliphatic rings. The van der Waals surface area contributed by atoms with Crippen LogP contribution in [-0.2, 0) is 21.1 Å².